The molecule has 0 heteroatoms. The lowest BCUT2D eigenvalue weighted by molar-refractivity contribution is 1.59. The van der Waals surface area contributed by atoms with Crippen molar-refractivity contribution in [3.8, 4) is 44.5 Å². The molecule has 0 aliphatic carbocycles. The van der Waals surface area contributed by atoms with Gasteiger partial charge in [0.15, 0.2) is 0 Å². The molecule has 0 bridgehead atoms. The first-order valence-electron chi connectivity index (χ1n) is 18.8. The fourth-order valence-electron chi connectivity index (χ4n) is 9.22. The second-order valence-electron chi connectivity index (χ2n) is 14.3. The summed E-state index contributed by atoms with van der Waals surface area (Å²) in [5.74, 6) is 0. The molecule has 0 saturated heterocycles. The molecule has 0 aliphatic rings. The van der Waals surface area contributed by atoms with Gasteiger partial charge >= 0.3 is 0 Å². The molecule has 11 aromatic rings. The normalized spacial score (nSPS) is 11.7. The second kappa shape index (κ2) is 12.3. The van der Waals surface area contributed by atoms with E-state index in [1.54, 1.807) is 0 Å². The maximum absolute atomic E-state index is 2.34. The highest BCUT2D eigenvalue weighted by Crippen LogP contribution is 2.51. The lowest BCUT2D eigenvalue weighted by Gasteiger charge is -2.23. The average molecular weight is 683 g/mol. The molecule has 0 fully saturated rings. The predicted octanol–water partition coefficient (Wildman–Crippen LogP) is 15.3. The summed E-state index contributed by atoms with van der Waals surface area (Å²) >= 11 is 0. The van der Waals surface area contributed by atoms with Crippen LogP contribution in [0.15, 0.2) is 206 Å². The quantitative estimate of drug-likeness (QED) is 0.128. The van der Waals surface area contributed by atoms with Crippen molar-refractivity contribution >= 4 is 64.6 Å². The Balaban J connectivity index is 1.32. The molecule has 0 spiro atoms. The third-order valence-electron chi connectivity index (χ3n) is 11.4. The van der Waals surface area contributed by atoms with Gasteiger partial charge in [0.2, 0.25) is 0 Å². The van der Waals surface area contributed by atoms with E-state index < -0.39 is 0 Å². The van der Waals surface area contributed by atoms with E-state index in [-0.39, 0.29) is 0 Å². The Morgan fingerprint density at radius 2 is 0.574 bits per heavy atom. The highest BCUT2D eigenvalue weighted by molar-refractivity contribution is 6.32. The van der Waals surface area contributed by atoms with Crippen LogP contribution in [0.1, 0.15) is 0 Å². The van der Waals surface area contributed by atoms with Gasteiger partial charge in [-0.1, -0.05) is 206 Å². The zero-order chi connectivity index (χ0) is 35.6. The molecule has 0 radical (unpaired) electrons. The Labute approximate surface area is 314 Å². The van der Waals surface area contributed by atoms with E-state index in [9.17, 15) is 0 Å². The fraction of sp³-hybridized carbons (Fsp3) is 0. The summed E-state index contributed by atoms with van der Waals surface area (Å²) in [6.07, 6.45) is 0. The average Bonchev–Trinajstić information content (AvgIpc) is 3.25. The molecule has 0 heterocycles. The molecular formula is C54H34. The van der Waals surface area contributed by atoms with E-state index >= 15 is 0 Å². The van der Waals surface area contributed by atoms with Crippen molar-refractivity contribution in [1.82, 2.24) is 0 Å². The van der Waals surface area contributed by atoms with E-state index in [1.165, 1.54) is 109 Å². The summed E-state index contributed by atoms with van der Waals surface area (Å²) in [6.45, 7) is 0. The molecule has 0 aliphatic heterocycles. The molecule has 0 saturated carbocycles. The maximum atomic E-state index is 2.34. The molecule has 250 valence electrons. The summed E-state index contributed by atoms with van der Waals surface area (Å²) in [7, 11) is 0. The second-order valence-corrected chi connectivity index (χ2v) is 14.3. The smallest absolute Gasteiger partial charge is 0.00139 e. The van der Waals surface area contributed by atoms with Gasteiger partial charge in [-0.05, 0) is 109 Å². The largest absolute Gasteiger partial charge is 0.0622 e. The van der Waals surface area contributed by atoms with Crippen molar-refractivity contribution < 1.29 is 0 Å². The van der Waals surface area contributed by atoms with Gasteiger partial charge in [-0.15, -0.1) is 0 Å². The van der Waals surface area contributed by atoms with Crippen LogP contribution in [0.2, 0.25) is 0 Å². The molecule has 0 atom stereocenters. The lowest BCUT2D eigenvalue weighted by Crippen LogP contribution is -1.96. The van der Waals surface area contributed by atoms with Gasteiger partial charge in [0, 0.05) is 0 Å². The van der Waals surface area contributed by atoms with Crippen LogP contribution in [-0.2, 0) is 0 Å². The molecule has 11 rings (SSSR count). The molecule has 0 nitrogen and oxygen atoms in total. The van der Waals surface area contributed by atoms with Gasteiger partial charge in [0.05, 0.1) is 0 Å². The standard InChI is InChI=1S/C54H34/c1-2-17-36(18-3-1)38-30-15-33-45(39-31-14-20-35-19-4-5-21-37(35)39)53(38)54-48-28-12-10-26-46(48)52(47-27-11-13-29-49(47)54)50-34-16-32-44-42-23-7-6-22-40(42)41-24-8-9-25-43(41)51(44)50/h1-34H. The predicted molar refractivity (Wildman–Crippen MR) is 233 cm³/mol. The zero-order valence-corrected chi connectivity index (χ0v) is 29.6. The van der Waals surface area contributed by atoms with E-state index in [1.807, 2.05) is 0 Å². The first-order valence-corrected chi connectivity index (χ1v) is 18.8. The number of rotatable bonds is 4. The van der Waals surface area contributed by atoms with Crippen LogP contribution in [0.25, 0.3) is 109 Å². The summed E-state index contributed by atoms with van der Waals surface area (Å²) in [4.78, 5) is 0. The van der Waals surface area contributed by atoms with Crippen LogP contribution in [0.4, 0.5) is 0 Å². The topological polar surface area (TPSA) is 0 Å². The van der Waals surface area contributed by atoms with Crippen LogP contribution >= 0.6 is 0 Å². The van der Waals surface area contributed by atoms with Gasteiger partial charge < -0.3 is 0 Å². The Kier molecular flexibility index (Phi) is 6.97. The first-order chi connectivity index (χ1) is 26.8. The van der Waals surface area contributed by atoms with E-state index in [2.05, 4.69) is 206 Å². The monoisotopic (exact) mass is 682 g/mol. The van der Waals surface area contributed by atoms with Gasteiger partial charge in [-0.3, -0.25) is 0 Å². The van der Waals surface area contributed by atoms with Crippen molar-refractivity contribution in [3.63, 3.8) is 0 Å². The minimum Gasteiger partial charge on any atom is -0.0622 e. The van der Waals surface area contributed by atoms with Crippen molar-refractivity contribution in [1.29, 1.82) is 0 Å². The van der Waals surface area contributed by atoms with Gasteiger partial charge in [-0.25, -0.2) is 0 Å². The van der Waals surface area contributed by atoms with Crippen LogP contribution in [0.5, 0.6) is 0 Å². The van der Waals surface area contributed by atoms with E-state index in [4.69, 9.17) is 0 Å². The molecule has 54 heavy (non-hydrogen) atoms. The zero-order valence-electron chi connectivity index (χ0n) is 29.6. The first kappa shape index (κ1) is 30.6. The van der Waals surface area contributed by atoms with E-state index in [0.29, 0.717) is 0 Å². The molecule has 0 amide bonds. The van der Waals surface area contributed by atoms with Crippen molar-refractivity contribution in [3.05, 3.63) is 206 Å². The summed E-state index contributed by atoms with van der Waals surface area (Å²) < 4.78 is 0. The Bertz CT molecular complexity index is 3150. The van der Waals surface area contributed by atoms with Crippen LogP contribution in [-0.4, -0.2) is 0 Å². The van der Waals surface area contributed by atoms with Crippen molar-refractivity contribution in [2.24, 2.45) is 0 Å². The van der Waals surface area contributed by atoms with Gasteiger partial charge in [-0.2, -0.15) is 0 Å². The Morgan fingerprint density at radius 3 is 1.22 bits per heavy atom. The third kappa shape index (κ3) is 4.57. The van der Waals surface area contributed by atoms with Crippen LogP contribution in [0.3, 0.4) is 0 Å². The molecule has 11 aromatic carbocycles. The Hall–Kier alpha value is -7.02. The lowest BCUT2D eigenvalue weighted by atomic mass is 9.79. The third-order valence-corrected chi connectivity index (χ3v) is 11.4. The SMILES string of the molecule is c1ccc(-c2cccc(-c3cccc4ccccc34)c2-c2c3ccccc3c(-c3cccc4c5ccccc5c5ccccc5c34)c3ccccc23)cc1. The number of benzene rings is 11. The number of hydrogen-bond acceptors (Lipinski definition) is 0. The molecule has 0 unspecified atom stereocenters. The van der Waals surface area contributed by atoms with Gasteiger partial charge in [0.25, 0.3) is 0 Å². The summed E-state index contributed by atoms with van der Waals surface area (Å²) in [6, 6.07) is 76.1. The fourth-order valence-corrected chi connectivity index (χ4v) is 9.22. The summed E-state index contributed by atoms with van der Waals surface area (Å²) in [5.41, 5.74) is 9.98. The van der Waals surface area contributed by atoms with Gasteiger partial charge in [0.1, 0.15) is 0 Å². The van der Waals surface area contributed by atoms with Crippen LogP contribution < -0.4 is 0 Å². The minimum absolute atomic E-state index is 1.21. The Morgan fingerprint density at radius 1 is 0.185 bits per heavy atom. The van der Waals surface area contributed by atoms with E-state index in [0.717, 1.165) is 0 Å². The number of hydrogen-bond donors (Lipinski definition) is 0. The molecule has 0 N–H and O–H groups in total. The number of fused-ring (bicyclic) bond motifs is 9. The van der Waals surface area contributed by atoms with Crippen molar-refractivity contribution in [2.75, 3.05) is 0 Å². The van der Waals surface area contributed by atoms with Crippen LogP contribution in [0, 0.1) is 0 Å². The highest BCUT2D eigenvalue weighted by Gasteiger charge is 2.24. The molecular weight excluding hydrogens is 649 g/mol. The minimum atomic E-state index is 1.21. The summed E-state index contributed by atoms with van der Waals surface area (Å²) in [5, 5.41) is 15.2. The highest BCUT2D eigenvalue weighted by atomic mass is 14.3. The van der Waals surface area contributed by atoms with Crippen molar-refractivity contribution in [2.45, 2.75) is 0 Å². The molecule has 0 aromatic heterocycles. The maximum Gasteiger partial charge on any atom is -0.00139 e.